The third-order valence-corrected chi connectivity index (χ3v) is 9.02. The molecule has 1 heterocycles. The molecule has 0 unspecified atom stereocenters. The van der Waals surface area contributed by atoms with Crippen molar-refractivity contribution in [1.82, 2.24) is 0 Å². The molecular formula is C21H34O2. The maximum atomic E-state index is 12.1. The Hall–Kier alpha value is -0.530. The summed E-state index contributed by atoms with van der Waals surface area (Å²) in [4.78, 5) is 12.1. The van der Waals surface area contributed by atoms with Gasteiger partial charge in [0.1, 0.15) is 5.60 Å². The van der Waals surface area contributed by atoms with Crippen LogP contribution in [0.3, 0.4) is 0 Å². The van der Waals surface area contributed by atoms with E-state index < -0.39 is 0 Å². The molecule has 6 atom stereocenters. The van der Waals surface area contributed by atoms with E-state index in [1.54, 1.807) is 0 Å². The van der Waals surface area contributed by atoms with E-state index in [4.69, 9.17) is 4.74 Å². The molecule has 3 saturated carbocycles. The minimum Gasteiger partial charge on any atom is -0.459 e. The molecule has 0 amide bonds. The molecule has 0 aromatic heterocycles. The molecule has 4 aliphatic rings. The smallest absolute Gasteiger partial charge is 0.306 e. The molecule has 4 rings (SSSR count). The van der Waals surface area contributed by atoms with Gasteiger partial charge in [0, 0.05) is 5.92 Å². The van der Waals surface area contributed by atoms with E-state index in [9.17, 15) is 4.79 Å². The largest absolute Gasteiger partial charge is 0.459 e. The summed E-state index contributed by atoms with van der Waals surface area (Å²) in [6.07, 6.45) is 9.78. The van der Waals surface area contributed by atoms with Gasteiger partial charge >= 0.3 is 5.97 Å². The van der Waals surface area contributed by atoms with E-state index in [0.717, 1.165) is 18.3 Å². The summed E-state index contributed by atoms with van der Waals surface area (Å²) in [5.74, 6) is 2.10. The fraction of sp³-hybridized carbons (Fsp3) is 0.952. The first kappa shape index (κ1) is 16.0. The SMILES string of the molecule is CC1(C)CCC[C@@]2(C)[C@@H]3CC[C@]4(C)OC(=O)C[C@@H]4[C@@]3(C)CC[C@H]12. The number of ether oxygens (including phenoxy) is 1. The lowest BCUT2D eigenvalue weighted by molar-refractivity contribution is -0.197. The maximum absolute atomic E-state index is 12.1. The third-order valence-electron chi connectivity index (χ3n) is 9.02. The van der Waals surface area contributed by atoms with Gasteiger partial charge < -0.3 is 4.74 Å². The van der Waals surface area contributed by atoms with Crippen molar-refractivity contribution < 1.29 is 9.53 Å². The van der Waals surface area contributed by atoms with Crippen LogP contribution in [0, 0.1) is 34.0 Å². The highest BCUT2D eigenvalue weighted by molar-refractivity contribution is 5.73. The Morgan fingerprint density at radius 2 is 1.48 bits per heavy atom. The predicted octanol–water partition coefficient (Wildman–Crippen LogP) is 5.35. The molecule has 130 valence electrons. The lowest BCUT2D eigenvalue weighted by Crippen LogP contribution is -2.61. The first-order valence-corrected chi connectivity index (χ1v) is 9.84. The van der Waals surface area contributed by atoms with E-state index in [-0.39, 0.29) is 17.0 Å². The average molecular weight is 319 g/mol. The quantitative estimate of drug-likeness (QED) is 0.563. The van der Waals surface area contributed by atoms with Crippen LogP contribution in [-0.2, 0) is 9.53 Å². The van der Waals surface area contributed by atoms with Gasteiger partial charge in [0.05, 0.1) is 6.42 Å². The van der Waals surface area contributed by atoms with Crippen LogP contribution < -0.4 is 0 Å². The molecule has 23 heavy (non-hydrogen) atoms. The van der Waals surface area contributed by atoms with Crippen molar-refractivity contribution in [3.8, 4) is 0 Å². The van der Waals surface area contributed by atoms with Crippen LogP contribution in [-0.4, -0.2) is 11.6 Å². The number of carbonyl (C=O) groups is 1. The molecule has 4 fully saturated rings. The lowest BCUT2D eigenvalue weighted by Gasteiger charge is -2.66. The van der Waals surface area contributed by atoms with Crippen LogP contribution in [0.1, 0.15) is 86.0 Å². The first-order valence-electron chi connectivity index (χ1n) is 9.84. The Morgan fingerprint density at radius 1 is 0.826 bits per heavy atom. The first-order chi connectivity index (χ1) is 10.6. The number of hydrogen-bond acceptors (Lipinski definition) is 2. The highest BCUT2D eigenvalue weighted by Gasteiger charge is 2.66. The lowest BCUT2D eigenvalue weighted by atomic mass is 9.38. The van der Waals surface area contributed by atoms with Crippen molar-refractivity contribution >= 4 is 5.97 Å². The minimum absolute atomic E-state index is 0.0515. The molecule has 0 bridgehead atoms. The maximum Gasteiger partial charge on any atom is 0.306 e. The van der Waals surface area contributed by atoms with Crippen molar-refractivity contribution in [2.75, 3.05) is 0 Å². The second kappa shape index (κ2) is 4.55. The Balaban J connectivity index is 1.74. The molecule has 2 heteroatoms. The van der Waals surface area contributed by atoms with E-state index in [1.165, 1.54) is 38.5 Å². The molecule has 0 N–H and O–H groups in total. The molecule has 1 saturated heterocycles. The molecule has 2 nitrogen and oxygen atoms in total. The summed E-state index contributed by atoms with van der Waals surface area (Å²) in [6, 6.07) is 0. The Kier molecular flexibility index (Phi) is 3.16. The molecule has 3 aliphatic carbocycles. The predicted molar refractivity (Wildman–Crippen MR) is 91.9 cm³/mol. The molecule has 0 radical (unpaired) electrons. The third kappa shape index (κ3) is 1.96. The monoisotopic (exact) mass is 318 g/mol. The standard InChI is InChI=1S/C21H34O2/c1-18(2)9-6-10-19(3)14(18)7-11-20(4)15(19)8-12-21(5)16(20)13-17(22)23-21/h14-16H,6-13H2,1-5H3/t14-,15+,16-,19-,20+,21+/m1/s1. The van der Waals surface area contributed by atoms with Gasteiger partial charge in [-0.3, -0.25) is 4.79 Å². The van der Waals surface area contributed by atoms with Gasteiger partial charge in [0.25, 0.3) is 0 Å². The Bertz CT molecular complexity index is 538. The van der Waals surface area contributed by atoms with Gasteiger partial charge in [0.2, 0.25) is 0 Å². The summed E-state index contributed by atoms with van der Waals surface area (Å²) < 4.78 is 5.84. The summed E-state index contributed by atoms with van der Waals surface area (Å²) in [6.45, 7) is 12.3. The number of esters is 1. The number of fused-ring (bicyclic) bond motifs is 5. The zero-order valence-electron chi connectivity index (χ0n) is 15.7. The van der Waals surface area contributed by atoms with Gasteiger partial charge in [-0.2, -0.15) is 0 Å². The fourth-order valence-corrected chi connectivity index (χ4v) is 8.11. The second-order valence-corrected chi connectivity index (χ2v) is 10.6. The van der Waals surface area contributed by atoms with E-state index in [0.29, 0.717) is 23.2 Å². The van der Waals surface area contributed by atoms with E-state index >= 15 is 0 Å². The molecule has 0 spiro atoms. The van der Waals surface area contributed by atoms with E-state index in [2.05, 4.69) is 34.6 Å². The molecule has 0 aromatic rings. The zero-order valence-corrected chi connectivity index (χ0v) is 15.7. The van der Waals surface area contributed by atoms with Crippen molar-refractivity contribution in [2.24, 2.45) is 34.0 Å². The van der Waals surface area contributed by atoms with Crippen LogP contribution in [0.15, 0.2) is 0 Å². The zero-order chi connectivity index (χ0) is 16.7. The number of carbonyl (C=O) groups excluding carboxylic acids is 1. The van der Waals surface area contributed by atoms with Crippen molar-refractivity contribution in [2.45, 2.75) is 91.6 Å². The Labute approximate surface area is 141 Å². The van der Waals surface area contributed by atoms with Crippen LogP contribution >= 0.6 is 0 Å². The van der Waals surface area contributed by atoms with Gasteiger partial charge in [0.15, 0.2) is 0 Å². The van der Waals surface area contributed by atoms with Gasteiger partial charge in [-0.25, -0.2) is 0 Å². The highest BCUT2D eigenvalue weighted by atomic mass is 16.6. The van der Waals surface area contributed by atoms with Crippen LogP contribution in [0.5, 0.6) is 0 Å². The molecular weight excluding hydrogens is 284 g/mol. The molecule has 1 aliphatic heterocycles. The highest BCUT2D eigenvalue weighted by Crippen LogP contribution is 2.71. The number of hydrogen-bond donors (Lipinski definition) is 0. The fourth-order valence-electron chi connectivity index (χ4n) is 8.11. The minimum atomic E-state index is -0.185. The topological polar surface area (TPSA) is 26.3 Å². The van der Waals surface area contributed by atoms with Crippen molar-refractivity contribution in [3.05, 3.63) is 0 Å². The number of rotatable bonds is 0. The van der Waals surface area contributed by atoms with Gasteiger partial charge in [-0.05, 0) is 73.5 Å². The van der Waals surface area contributed by atoms with Crippen LogP contribution in [0.2, 0.25) is 0 Å². The van der Waals surface area contributed by atoms with Crippen molar-refractivity contribution in [3.63, 3.8) is 0 Å². The van der Waals surface area contributed by atoms with E-state index in [1.807, 2.05) is 0 Å². The van der Waals surface area contributed by atoms with Crippen LogP contribution in [0.25, 0.3) is 0 Å². The van der Waals surface area contributed by atoms with Crippen LogP contribution in [0.4, 0.5) is 0 Å². The summed E-state index contributed by atoms with van der Waals surface area (Å²) in [7, 11) is 0. The average Bonchev–Trinajstić information content (AvgIpc) is 2.73. The second-order valence-electron chi connectivity index (χ2n) is 10.6. The van der Waals surface area contributed by atoms with Gasteiger partial charge in [-0.15, -0.1) is 0 Å². The Morgan fingerprint density at radius 3 is 2.22 bits per heavy atom. The van der Waals surface area contributed by atoms with Crippen molar-refractivity contribution in [1.29, 1.82) is 0 Å². The summed E-state index contributed by atoms with van der Waals surface area (Å²) in [5, 5.41) is 0. The summed E-state index contributed by atoms with van der Waals surface area (Å²) >= 11 is 0. The molecule has 0 aromatic carbocycles. The normalized spacial score (nSPS) is 54.7. The summed E-state index contributed by atoms with van der Waals surface area (Å²) in [5.41, 5.74) is 1.05. The van der Waals surface area contributed by atoms with Gasteiger partial charge in [-0.1, -0.05) is 34.1 Å².